The fourth-order valence-electron chi connectivity index (χ4n) is 1.94. The summed E-state index contributed by atoms with van der Waals surface area (Å²) in [5.41, 5.74) is -0.725. The van der Waals surface area contributed by atoms with Gasteiger partial charge >= 0.3 is 6.18 Å². The molecular formula is C14H18ClF3N2O3. The van der Waals surface area contributed by atoms with E-state index in [1.807, 2.05) is 0 Å². The second kappa shape index (κ2) is 8.95. The van der Waals surface area contributed by atoms with Gasteiger partial charge in [-0.1, -0.05) is 0 Å². The number of hydrogen-bond donors (Lipinski definition) is 2. The topological polar surface area (TPSA) is 59.6 Å². The molecule has 0 saturated carbocycles. The maximum absolute atomic E-state index is 12.4. The number of benzene rings is 1. The van der Waals surface area contributed by atoms with Crippen LogP contribution in [0, 0.1) is 0 Å². The Morgan fingerprint density at radius 3 is 2.61 bits per heavy atom. The van der Waals surface area contributed by atoms with Crippen LogP contribution in [0.5, 0.6) is 5.75 Å². The van der Waals surface area contributed by atoms with E-state index in [9.17, 15) is 18.0 Å². The lowest BCUT2D eigenvalue weighted by Gasteiger charge is -2.22. The minimum absolute atomic E-state index is 0. The van der Waals surface area contributed by atoms with Crippen molar-refractivity contribution in [2.24, 2.45) is 0 Å². The number of amides is 1. The van der Waals surface area contributed by atoms with E-state index < -0.39 is 11.7 Å². The number of alkyl halides is 3. The van der Waals surface area contributed by atoms with Crippen LogP contribution in [-0.2, 0) is 15.7 Å². The number of carbonyl (C=O) groups excluding carboxylic acids is 1. The van der Waals surface area contributed by atoms with Crippen LogP contribution in [0.4, 0.5) is 13.2 Å². The Kier molecular flexibility index (Phi) is 7.60. The van der Waals surface area contributed by atoms with Crippen molar-refractivity contribution in [3.8, 4) is 5.75 Å². The van der Waals surface area contributed by atoms with E-state index in [0.29, 0.717) is 25.5 Å². The van der Waals surface area contributed by atoms with Gasteiger partial charge in [0, 0.05) is 6.54 Å². The van der Waals surface area contributed by atoms with Crippen molar-refractivity contribution in [2.45, 2.75) is 12.2 Å². The van der Waals surface area contributed by atoms with Gasteiger partial charge in [-0.2, -0.15) is 13.2 Å². The summed E-state index contributed by atoms with van der Waals surface area (Å²) in [7, 11) is 0. The van der Waals surface area contributed by atoms with Crippen molar-refractivity contribution in [1.82, 2.24) is 10.6 Å². The highest BCUT2D eigenvalue weighted by molar-refractivity contribution is 5.85. The third kappa shape index (κ3) is 6.25. The van der Waals surface area contributed by atoms with Gasteiger partial charge in [-0.3, -0.25) is 4.79 Å². The lowest BCUT2D eigenvalue weighted by Crippen LogP contribution is -2.51. The number of ether oxygens (including phenoxy) is 2. The van der Waals surface area contributed by atoms with Crippen molar-refractivity contribution in [2.75, 3.05) is 32.9 Å². The van der Waals surface area contributed by atoms with E-state index in [2.05, 4.69) is 10.6 Å². The Labute approximate surface area is 137 Å². The zero-order chi connectivity index (χ0) is 16.0. The maximum Gasteiger partial charge on any atom is 0.416 e. The summed E-state index contributed by atoms with van der Waals surface area (Å²) in [5, 5.41) is 5.69. The Balaban J connectivity index is 0.00000264. The molecule has 0 bridgehead atoms. The molecule has 1 fully saturated rings. The van der Waals surface area contributed by atoms with E-state index in [-0.39, 0.29) is 37.5 Å². The van der Waals surface area contributed by atoms with Crippen molar-refractivity contribution >= 4 is 18.3 Å². The SMILES string of the molecule is Cl.O=C(NCCOc1ccc(C(F)(F)F)cc1)C1COCCN1. The monoisotopic (exact) mass is 354 g/mol. The molecule has 2 N–H and O–H groups in total. The van der Waals surface area contributed by atoms with Crippen LogP contribution in [0.2, 0.25) is 0 Å². The number of hydrogen-bond acceptors (Lipinski definition) is 4. The molecule has 1 saturated heterocycles. The minimum Gasteiger partial charge on any atom is -0.492 e. The standard InChI is InChI=1S/C14H17F3N2O3.ClH/c15-14(16,17)10-1-3-11(4-2-10)22-8-6-19-13(20)12-9-21-7-5-18-12;/h1-4,12,18H,5-9H2,(H,19,20);1H. The molecule has 2 rings (SSSR count). The average molecular weight is 355 g/mol. The molecule has 1 aromatic rings. The second-order valence-corrected chi connectivity index (χ2v) is 4.74. The highest BCUT2D eigenvalue weighted by atomic mass is 35.5. The first-order valence-electron chi connectivity index (χ1n) is 6.86. The first-order valence-corrected chi connectivity index (χ1v) is 6.86. The van der Waals surface area contributed by atoms with Gasteiger partial charge in [-0.05, 0) is 24.3 Å². The van der Waals surface area contributed by atoms with Gasteiger partial charge in [0.1, 0.15) is 18.4 Å². The molecule has 9 heteroatoms. The fourth-order valence-corrected chi connectivity index (χ4v) is 1.94. The van der Waals surface area contributed by atoms with Crippen LogP contribution < -0.4 is 15.4 Å². The molecule has 23 heavy (non-hydrogen) atoms. The maximum atomic E-state index is 12.4. The second-order valence-electron chi connectivity index (χ2n) is 4.74. The molecule has 1 atom stereocenters. The van der Waals surface area contributed by atoms with Gasteiger partial charge in [0.05, 0.1) is 25.3 Å². The molecule has 1 unspecified atom stereocenters. The summed E-state index contributed by atoms with van der Waals surface area (Å²) in [4.78, 5) is 11.7. The highest BCUT2D eigenvalue weighted by Crippen LogP contribution is 2.30. The molecule has 1 amide bonds. The summed E-state index contributed by atoms with van der Waals surface area (Å²) in [6, 6.07) is 4.04. The number of morpholine rings is 1. The summed E-state index contributed by atoms with van der Waals surface area (Å²) >= 11 is 0. The van der Waals surface area contributed by atoms with Crippen molar-refractivity contribution in [1.29, 1.82) is 0 Å². The molecule has 1 aromatic carbocycles. The zero-order valence-electron chi connectivity index (χ0n) is 12.2. The summed E-state index contributed by atoms with van der Waals surface area (Å²) in [5.74, 6) is 0.136. The molecule has 1 aliphatic rings. The molecule has 0 aromatic heterocycles. The quantitative estimate of drug-likeness (QED) is 0.789. The third-order valence-corrected chi connectivity index (χ3v) is 3.09. The number of nitrogens with one attached hydrogen (secondary N) is 2. The van der Waals surface area contributed by atoms with Crippen molar-refractivity contribution in [3.05, 3.63) is 29.8 Å². The molecule has 5 nitrogen and oxygen atoms in total. The van der Waals surface area contributed by atoms with E-state index in [1.165, 1.54) is 12.1 Å². The predicted octanol–water partition coefficient (Wildman–Crippen LogP) is 1.61. The fraction of sp³-hybridized carbons (Fsp3) is 0.500. The van der Waals surface area contributed by atoms with Crippen LogP contribution in [-0.4, -0.2) is 44.9 Å². The Bertz CT molecular complexity index is 491. The van der Waals surface area contributed by atoms with Crippen molar-refractivity contribution < 1.29 is 27.4 Å². The molecule has 0 spiro atoms. The van der Waals surface area contributed by atoms with Gasteiger partial charge < -0.3 is 20.1 Å². The van der Waals surface area contributed by atoms with E-state index in [1.54, 1.807) is 0 Å². The predicted molar refractivity (Wildman–Crippen MR) is 79.8 cm³/mol. The Hall–Kier alpha value is -1.51. The first kappa shape index (κ1) is 19.5. The van der Waals surface area contributed by atoms with Crippen LogP contribution in [0.15, 0.2) is 24.3 Å². The lowest BCUT2D eigenvalue weighted by atomic mass is 10.2. The van der Waals surface area contributed by atoms with E-state index in [0.717, 1.165) is 12.1 Å². The molecular weight excluding hydrogens is 337 g/mol. The number of halogens is 4. The van der Waals surface area contributed by atoms with Crippen LogP contribution in [0.1, 0.15) is 5.56 Å². The van der Waals surface area contributed by atoms with Crippen molar-refractivity contribution in [3.63, 3.8) is 0 Å². The van der Waals surface area contributed by atoms with Gasteiger partial charge in [-0.15, -0.1) is 12.4 Å². The smallest absolute Gasteiger partial charge is 0.416 e. The van der Waals surface area contributed by atoms with Crippen LogP contribution in [0.25, 0.3) is 0 Å². The average Bonchev–Trinajstić information content (AvgIpc) is 2.52. The minimum atomic E-state index is -4.36. The highest BCUT2D eigenvalue weighted by Gasteiger charge is 2.30. The lowest BCUT2D eigenvalue weighted by molar-refractivity contribution is -0.137. The Morgan fingerprint density at radius 2 is 2.04 bits per heavy atom. The molecule has 130 valence electrons. The molecule has 0 radical (unpaired) electrons. The van der Waals surface area contributed by atoms with Crippen LogP contribution >= 0.6 is 12.4 Å². The zero-order valence-corrected chi connectivity index (χ0v) is 13.0. The first-order chi connectivity index (χ1) is 10.5. The van der Waals surface area contributed by atoms with Gasteiger partial charge in [-0.25, -0.2) is 0 Å². The normalized spacial score (nSPS) is 18.0. The Morgan fingerprint density at radius 1 is 1.35 bits per heavy atom. The third-order valence-electron chi connectivity index (χ3n) is 3.09. The van der Waals surface area contributed by atoms with Gasteiger partial charge in [0.15, 0.2) is 0 Å². The molecule has 0 aliphatic carbocycles. The summed E-state index contributed by atoms with van der Waals surface area (Å²) < 4.78 is 47.6. The molecule has 1 heterocycles. The summed E-state index contributed by atoms with van der Waals surface area (Å²) in [6.07, 6.45) is -4.36. The number of rotatable bonds is 5. The van der Waals surface area contributed by atoms with E-state index in [4.69, 9.17) is 9.47 Å². The van der Waals surface area contributed by atoms with Crippen LogP contribution in [0.3, 0.4) is 0 Å². The largest absolute Gasteiger partial charge is 0.492 e. The van der Waals surface area contributed by atoms with E-state index >= 15 is 0 Å². The van der Waals surface area contributed by atoms with Gasteiger partial charge in [0.2, 0.25) is 5.91 Å². The van der Waals surface area contributed by atoms with Gasteiger partial charge in [0.25, 0.3) is 0 Å². The number of carbonyl (C=O) groups is 1. The summed E-state index contributed by atoms with van der Waals surface area (Å²) in [6.45, 7) is 1.97. The molecule has 1 aliphatic heterocycles.